The highest BCUT2D eigenvalue weighted by Crippen LogP contribution is 2.23. The summed E-state index contributed by atoms with van der Waals surface area (Å²) in [5.41, 5.74) is 0. The molecular weight excluding hydrogens is 204 g/mol. The molecule has 0 saturated carbocycles. The Balaban J connectivity index is 2.53. The Bertz CT molecular complexity index is 231. The van der Waals surface area contributed by atoms with Gasteiger partial charge >= 0.3 is 0 Å². The molecule has 1 aliphatic rings. The molecule has 1 aliphatic heterocycles. The molecule has 1 saturated heterocycles. The second-order valence-electron chi connectivity index (χ2n) is 4.69. The number of nitrogens with zero attached hydrogens (tertiary/aromatic N) is 1. The van der Waals surface area contributed by atoms with Crippen molar-refractivity contribution in [1.29, 1.82) is 0 Å². The summed E-state index contributed by atoms with van der Waals surface area (Å²) in [6, 6.07) is 0.281. The zero-order chi connectivity index (χ0) is 12.1. The van der Waals surface area contributed by atoms with Crippen LogP contribution in [-0.4, -0.2) is 47.2 Å². The van der Waals surface area contributed by atoms with Gasteiger partial charge in [0.25, 0.3) is 0 Å². The summed E-state index contributed by atoms with van der Waals surface area (Å²) in [4.78, 5) is 14.0. The molecule has 94 valence electrons. The van der Waals surface area contributed by atoms with Gasteiger partial charge < -0.3 is 10.4 Å². The highest BCUT2D eigenvalue weighted by atomic mass is 16.3. The number of carbonyl (C=O) groups excluding carboxylic acids is 1. The molecule has 2 N–H and O–H groups in total. The number of hydrogen-bond acceptors (Lipinski definition) is 3. The number of amides is 1. The number of hydrogen-bond donors (Lipinski definition) is 2. The molecule has 1 rings (SSSR count). The quantitative estimate of drug-likeness (QED) is 0.730. The van der Waals surface area contributed by atoms with Crippen molar-refractivity contribution in [1.82, 2.24) is 10.2 Å². The minimum atomic E-state index is -0.285. The molecule has 1 amide bonds. The van der Waals surface area contributed by atoms with Crippen LogP contribution < -0.4 is 5.32 Å². The molecule has 4 heteroatoms. The van der Waals surface area contributed by atoms with Crippen LogP contribution in [0.5, 0.6) is 0 Å². The number of likely N-dealkylation sites (tertiary alicyclic amines) is 1. The fourth-order valence-corrected chi connectivity index (χ4v) is 2.49. The van der Waals surface area contributed by atoms with E-state index in [9.17, 15) is 9.90 Å². The molecule has 3 atom stereocenters. The lowest BCUT2D eigenvalue weighted by Gasteiger charge is -2.30. The van der Waals surface area contributed by atoms with E-state index in [-0.39, 0.29) is 18.1 Å². The maximum absolute atomic E-state index is 11.7. The van der Waals surface area contributed by atoms with E-state index in [1.54, 1.807) is 0 Å². The Kier molecular flexibility index (Phi) is 5.22. The first-order valence-corrected chi connectivity index (χ1v) is 6.27. The van der Waals surface area contributed by atoms with Crippen LogP contribution in [0.15, 0.2) is 0 Å². The fourth-order valence-electron chi connectivity index (χ4n) is 2.49. The highest BCUT2D eigenvalue weighted by Gasteiger charge is 2.32. The molecule has 0 aromatic rings. The summed E-state index contributed by atoms with van der Waals surface area (Å²) in [7, 11) is 0. The third-order valence-electron chi connectivity index (χ3n) is 3.26. The normalized spacial score (nSPS) is 25.4. The molecule has 0 aromatic carbocycles. The van der Waals surface area contributed by atoms with E-state index >= 15 is 0 Å². The van der Waals surface area contributed by atoms with Crippen LogP contribution >= 0.6 is 0 Å². The van der Waals surface area contributed by atoms with Gasteiger partial charge in [0.1, 0.15) is 0 Å². The molecule has 0 aliphatic carbocycles. The minimum absolute atomic E-state index is 0.0776. The predicted octanol–water partition coefficient (Wildman–Crippen LogP) is 0.746. The van der Waals surface area contributed by atoms with Crippen molar-refractivity contribution in [2.45, 2.75) is 58.2 Å². The number of carbonyl (C=O) groups is 1. The van der Waals surface area contributed by atoms with Crippen molar-refractivity contribution in [3.05, 3.63) is 0 Å². The van der Waals surface area contributed by atoms with Crippen LogP contribution in [0.2, 0.25) is 0 Å². The Labute approximate surface area is 98.0 Å². The zero-order valence-corrected chi connectivity index (χ0v) is 10.6. The van der Waals surface area contributed by atoms with Gasteiger partial charge in [-0.15, -0.1) is 0 Å². The second kappa shape index (κ2) is 6.21. The van der Waals surface area contributed by atoms with E-state index in [2.05, 4.69) is 10.2 Å². The average Bonchev–Trinajstić information content (AvgIpc) is 2.64. The van der Waals surface area contributed by atoms with Gasteiger partial charge in [-0.2, -0.15) is 0 Å². The van der Waals surface area contributed by atoms with E-state index < -0.39 is 0 Å². The number of nitrogens with one attached hydrogen (secondary N) is 1. The van der Waals surface area contributed by atoms with E-state index in [1.807, 2.05) is 20.8 Å². The lowest BCUT2D eigenvalue weighted by atomic mass is 10.1. The van der Waals surface area contributed by atoms with Crippen molar-refractivity contribution in [3.8, 4) is 0 Å². The third kappa shape index (κ3) is 3.46. The summed E-state index contributed by atoms with van der Waals surface area (Å²) in [5.74, 6) is 0.0972. The number of aliphatic hydroxyl groups is 1. The lowest BCUT2D eigenvalue weighted by Crippen LogP contribution is -2.47. The van der Waals surface area contributed by atoms with Crippen molar-refractivity contribution in [2.75, 3.05) is 13.1 Å². The third-order valence-corrected chi connectivity index (χ3v) is 3.26. The van der Waals surface area contributed by atoms with Gasteiger partial charge in [0.05, 0.1) is 12.1 Å². The van der Waals surface area contributed by atoms with E-state index in [1.165, 1.54) is 0 Å². The average molecular weight is 228 g/mol. The van der Waals surface area contributed by atoms with E-state index in [4.69, 9.17) is 0 Å². The van der Waals surface area contributed by atoms with E-state index in [0.717, 1.165) is 25.8 Å². The predicted molar refractivity (Wildman–Crippen MR) is 64.2 cm³/mol. The Morgan fingerprint density at radius 1 is 1.56 bits per heavy atom. The van der Waals surface area contributed by atoms with Gasteiger partial charge in [-0.3, -0.25) is 9.69 Å². The van der Waals surface area contributed by atoms with Crippen molar-refractivity contribution in [2.24, 2.45) is 0 Å². The Morgan fingerprint density at radius 3 is 2.81 bits per heavy atom. The van der Waals surface area contributed by atoms with Gasteiger partial charge in [-0.1, -0.05) is 0 Å². The van der Waals surface area contributed by atoms with Crippen LogP contribution in [0.1, 0.15) is 40.0 Å². The van der Waals surface area contributed by atoms with Crippen molar-refractivity contribution >= 4 is 5.91 Å². The molecule has 3 unspecified atom stereocenters. The molecule has 0 bridgehead atoms. The van der Waals surface area contributed by atoms with Gasteiger partial charge in [-0.05, 0) is 46.6 Å². The van der Waals surface area contributed by atoms with Crippen LogP contribution in [0.25, 0.3) is 0 Å². The molecule has 1 fully saturated rings. The van der Waals surface area contributed by atoms with Gasteiger partial charge in [0.2, 0.25) is 5.91 Å². The second-order valence-corrected chi connectivity index (χ2v) is 4.69. The molecule has 0 radical (unpaired) electrons. The Hall–Kier alpha value is -0.610. The largest absolute Gasteiger partial charge is 0.393 e. The van der Waals surface area contributed by atoms with Crippen LogP contribution in [0.4, 0.5) is 0 Å². The first-order valence-electron chi connectivity index (χ1n) is 6.27. The molecular formula is C12H24N2O2. The topological polar surface area (TPSA) is 52.6 Å². The number of likely N-dealkylation sites (N-methyl/N-ethyl adjacent to an activating group) is 1. The van der Waals surface area contributed by atoms with Gasteiger partial charge in [0.15, 0.2) is 0 Å². The van der Waals surface area contributed by atoms with Crippen LogP contribution in [0.3, 0.4) is 0 Å². The summed E-state index contributed by atoms with van der Waals surface area (Å²) in [5, 5.41) is 12.3. The molecule has 1 heterocycles. The molecule has 0 spiro atoms. The zero-order valence-electron chi connectivity index (χ0n) is 10.6. The highest BCUT2D eigenvalue weighted by molar-refractivity contribution is 5.81. The SMILES string of the molecule is CCNC(=O)C(C)N1CCCC1CC(C)O. The summed E-state index contributed by atoms with van der Waals surface area (Å²) in [6.45, 7) is 7.34. The van der Waals surface area contributed by atoms with Gasteiger partial charge in [-0.25, -0.2) is 0 Å². The maximum Gasteiger partial charge on any atom is 0.237 e. The monoisotopic (exact) mass is 228 g/mol. The minimum Gasteiger partial charge on any atom is -0.393 e. The maximum atomic E-state index is 11.7. The van der Waals surface area contributed by atoms with Crippen LogP contribution in [0, 0.1) is 0 Å². The smallest absolute Gasteiger partial charge is 0.237 e. The lowest BCUT2D eigenvalue weighted by molar-refractivity contribution is -0.126. The standard InChI is InChI=1S/C12H24N2O2/c1-4-13-12(16)10(3)14-7-5-6-11(14)8-9(2)15/h9-11,15H,4-8H2,1-3H3,(H,13,16). The number of aliphatic hydroxyl groups excluding tert-OH is 1. The first-order chi connectivity index (χ1) is 7.56. The summed E-state index contributed by atoms with van der Waals surface area (Å²) >= 11 is 0. The fraction of sp³-hybridized carbons (Fsp3) is 0.917. The van der Waals surface area contributed by atoms with Crippen LogP contribution in [-0.2, 0) is 4.79 Å². The van der Waals surface area contributed by atoms with E-state index in [0.29, 0.717) is 12.6 Å². The van der Waals surface area contributed by atoms with Crippen molar-refractivity contribution in [3.63, 3.8) is 0 Å². The Morgan fingerprint density at radius 2 is 2.25 bits per heavy atom. The first kappa shape index (κ1) is 13.5. The molecule has 16 heavy (non-hydrogen) atoms. The summed E-state index contributed by atoms with van der Waals surface area (Å²) < 4.78 is 0. The number of rotatable bonds is 5. The van der Waals surface area contributed by atoms with Crippen molar-refractivity contribution < 1.29 is 9.90 Å². The molecule has 4 nitrogen and oxygen atoms in total. The molecule has 0 aromatic heterocycles. The summed E-state index contributed by atoms with van der Waals surface area (Å²) in [6.07, 6.45) is 2.70. The van der Waals surface area contributed by atoms with Gasteiger partial charge in [0, 0.05) is 12.6 Å².